The molecule has 0 fully saturated rings. The third-order valence-electron chi connectivity index (χ3n) is 1.87. The van der Waals surface area contributed by atoms with Gasteiger partial charge in [-0.25, -0.2) is 0 Å². The molecule has 0 aromatic heterocycles. The minimum absolute atomic E-state index is 0.0174. The summed E-state index contributed by atoms with van der Waals surface area (Å²) in [5, 5.41) is 0.541. The van der Waals surface area contributed by atoms with Crippen molar-refractivity contribution in [2.75, 3.05) is 12.5 Å². The maximum atomic E-state index is 11.1. The lowest BCUT2D eigenvalue weighted by molar-refractivity contribution is -0.116. The van der Waals surface area contributed by atoms with Crippen LogP contribution >= 0.6 is 23.2 Å². The van der Waals surface area contributed by atoms with Gasteiger partial charge in [-0.1, -0.05) is 17.7 Å². The van der Waals surface area contributed by atoms with Gasteiger partial charge in [0.15, 0.2) is 5.78 Å². The van der Waals surface area contributed by atoms with Crippen LogP contribution in [-0.4, -0.2) is 18.3 Å². The normalized spacial score (nSPS) is 10.1. The van der Waals surface area contributed by atoms with Crippen LogP contribution in [0.2, 0.25) is 5.02 Å². The van der Waals surface area contributed by atoms with Gasteiger partial charge < -0.3 is 4.74 Å². The van der Waals surface area contributed by atoms with E-state index in [2.05, 4.69) is 0 Å². The van der Waals surface area contributed by atoms with Gasteiger partial charge in [0.1, 0.15) is 5.75 Å². The fourth-order valence-corrected chi connectivity index (χ4v) is 1.52. The first-order valence-corrected chi connectivity index (χ1v) is 5.57. The number of benzene rings is 1. The smallest absolute Gasteiger partial charge is 0.152 e. The maximum absolute atomic E-state index is 11.1. The van der Waals surface area contributed by atoms with Crippen molar-refractivity contribution in [3.63, 3.8) is 0 Å². The van der Waals surface area contributed by atoms with Gasteiger partial charge in [-0.2, -0.15) is 0 Å². The first kappa shape index (κ1) is 12.3. The molecule has 1 aromatic carbocycles. The van der Waals surface area contributed by atoms with E-state index in [1.165, 1.54) is 0 Å². The van der Waals surface area contributed by atoms with Crippen molar-refractivity contribution in [3.8, 4) is 5.75 Å². The van der Waals surface area contributed by atoms with Crippen molar-refractivity contribution in [1.82, 2.24) is 0 Å². The van der Waals surface area contributed by atoms with Gasteiger partial charge in [-0.3, -0.25) is 4.79 Å². The molecule has 0 saturated heterocycles. The molecule has 0 radical (unpaired) electrons. The van der Waals surface area contributed by atoms with Crippen molar-refractivity contribution in [1.29, 1.82) is 0 Å². The third kappa shape index (κ3) is 3.73. The van der Waals surface area contributed by atoms with E-state index in [4.69, 9.17) is 27.9 Å². The van der Waals surface area contributed by atoms with Crippen LogP contribution in [0, 0.1) is 0 Å². The van der Waals surface area contributed by atoms with E-state index in [1.807, 2.05) is 6.92 Å². The molecule has 0 aliphatic carbocycles. The molecule has 15 heavy (non-hydrogen) atoms. The van der Waals surface area contributed by atoms with Crippen molar-refractivity contribution in [2.45, 2.75) is 13.3 Å². The van der Waals surface area contributed by atoms with Crippen molar-refractivity contribution in [2.24, 2.45) is 0 Å². The van der Waals surface area contributed by atoms with Crippen LogP contribution in [-0.2, 0) is 11.2 Å². The number of hydrogen-bond acceptors (Lipinski definition) is 2. The van der Waals surface area contributed by atoms with Gasteiger partial charge in [0, 0.05) is 11.4 Å². The predicted molar refractivity (Wildman–Crippen MR) is 62.1 cm³/mol. The minimum Gasteiger partial charge on any atom is -0.494 e. The number of rotatable bonds is 5. The topological polar surface area (TPSA) is 26.3 Å². The van der Waals surface area contributed by atoms with Gasteiger partial charge in [-0.15, -0.1) is 11.6 Å². The molecule has 4 heteroatoms. The van der Waals surface area contributed by atoms with Crippen LogP contribution < -0.4 is 4.74 Å². The SMILES string of the molecule is CCOc1ccc(CC(=O)CCl)c(Cl)c1. The lowest BCUT2D eigenvalue weighted by Gasteiger charge is -2.06. The maximum Gasteiger partial charge on any atom is 0.152 e. The van der Waals surface area contributed by atoms with E-state index in [9.17, 15) is 4.79 Å². The molecule has 0 aliphatic heterocycles. The van der Waals surface area contributed by atoms with Gasteiger partial charge >= 0.3 is 0 Å². The molecule has 0 bridgehead atoms. The number of hydrogen-bond donors (Lipinski definition) is 0. The van der Waals surface area contributed by atoms with E-state index in [0.717, 1.165) is 5.56 Å². The van der Waals surface area contributed by atoms with Gasteiger partial charge in [0.05, 0.1) is 12.5 Å². The Bertz CT molecular complexity index is 350. The highest BCUT2D eigenvalue weighted by molar-refractivity contribution is 6.32. The first-order valence-electron chi connectivity index (χ1n) is 4.66. The van der Waals surface area contributed by atoms with E-state index < -0.39 is 0 Å². The van der Waals surface area contributed by atoms with E-state index >= 15 is 0 Å². The van der Waals surface area contributed by atoms with E-state index in [-0.39, 0.29) is 18.1 Å². The van der Waals surface area contributed by atoms with Gasteiger partial charge in [0.25, 0.3) is 0 Å². The number of alkyl halides is 1. The van der Waals surface area contributed by atoms with Gasteiger partial charge in [-0.05, 0) is 24.6 Å². The fourth-order valence-electron chi connectivity index (χ4n) is 1.19. The summed E-state index contributed by atoms with van der Waals surface area (Å²) < 4.78 is 5.28. The van der Waals surface area contributed by atoms with Crippen LogP contribution in [0.5, 0.6) is 5.75 Å². The van der Waals surface area contributed by atoms with Crippen LogP contribution in [0.4, 0.5) is 0 Å². The molecule has 2 nitrogen and oxygen atoms in total. The average molecular weight is 247 g/mol. The highest BCUT2D eigenvalue weighted by atomic mass is 35.5. The van der Waals surface area contributed by atoms with E-state index in [0.29, 0.717) is 17.4 Å². The number of carbonyl (C=O) groups excluding carboxylic acids is 1. The quantitative estimate of drug-likeness (QED) is 0.747. The molecule has 82 valence electrons. The number of Topliss-reactive ketones (excluding diaryl/α,β-unsaturated/α-hetero) is 1. The third-order valence-corrected chi connectivity index (χ3v) is 2.52. The van der Waals surface area contributed by atoms with Crippen molar-refractivity contribution in [3.05, 3.63) is 28.8 Å². The summed E-state index contributed by atoms with van der Waals surface area (Å²) in [6, 6.07) is 5.30. The minimum atomic E-state index is -0.0391. The summed E-state index contributed by atoms with van der Waals surface area (Å²) in [6.07, 6.45) is 0.273. The molecule has 0 aliphatic rings. The Morgan fingerprint density at radius 3 is 2.73 bits per heavy atom. The molecule has 0 saturated carbocycles. The first-order chi connectivity index (χ1) is 7.17. The second kappa shape index (κ2) is 5.99. The standard InChI is InChI=1S/C11H12Cl2O2/c1-2-15-10-4-3-8(11(13)6-10)5-9(14)7-12/h3-4,6H,2,5,7H2,1H3. The van der Waals surface area contributed by atoms with Crippen LogP contribution in [0.15, 0.2) is 18.2 Å². The van der Waals surface area contributed by atoms with Crippen molar-refractivity contribution < 1.29 is 9.53 Å². The Labute approximate surface area is 99.1 Å². The molecule has 0 atom stereocenters. The van der Waals surface area contributed by atoms with Crippen LogP contribution in [0.1, 0.15) is 12.5 Å². The molecule has 0 amide bonds. The van der Waals surface area contributed by atoms with E-state index in [1.54, 1.807) is 18.2 Å². The molecule has 0 spiro atoms. The Balaban J connectivity index is 2.78. The summed E-state index contributed by atoms with van der Waals surface area (Å²) in [6.45, 7) is 2.50. The predicted octanol–water partition coefficient (Wildman–Crippen LogP) is 3.09. The molecule has 0 heterocycles. The zero-order valence-electron chi connectivity index (χ0n) is 8.43. The summed E-state index contributed by atoms with van der Waals surface area (Å²) in [5.74, 6) is 0.691. The highest BCUT2D eigenvalue weighted by Crippen LogP contribution is 2.23. The monoisotopic (exact) mass is 246 g/mol. The second-order valence-corrected chi connectivity index (χ2v) is 3.71. The summed E-state index contributed by atoms with van der Waals surface area (Å²) in [7, 11) is 0. The molecule has 1 aromatic rings. The Hall–Kier alpha value is -0.730. The number of ketones is 1. The Morgan fingerprint density at radius 2 is 2.20 bits per heavy atom. The molecular formula is C11H12Cl2O2. The average Bonchev–Trinajstić information content (AvgIpc) is 2.22. The van der Waals surface area contributed by atoms with Crippen molar-refractivity contribution >= 4 is 29.0 Å². The lowest BCUT2D eigenvalue weighted by Crippen LogP contribution is -2.04. The molecular weight excluding hydrogens is 235 g/mol. The Morgan fingerprint density at radius 1 is 1.47 bits per heavy atom. The van der Waals surface area contributed by atoms with Gasteiger partial charge in [0.2, 0.25) is 0 Å². The Kier molecular flexibility index (Phi) is 4.92. The fraction of sp³-hybridized carbons (Fsp3) is 0.364. The molecule has 0 unspecified atom stereocenters. The summed E-state index contributed by atoms with van der Waals surface area (Å²) in [4.78, 5) is 11.1. The highest BCUT2D eigenvalue weighted by Gasteiger charge is 2.07. The van der Waals surface area contributed by atoms with Crippen LogP contribution in [0.25, 0.3) is 0 Å². The van der Waals surface area contributed by atoms with Crippen LogP contribution in [0.3, 0.4) is 0 Å². The number of ether oxygens (including phenoxy) is 1. The number of carbonyl (C=O) groups is 1. The zero-order chi connectivity index (χ0) is 11.3. The zero-order valence-corrected chi connectivity index (χ0v) is 9.94. The molecule has 0 N–H and O–H groups in total. The molecule has 1 rings (SSSR count). The summed E-state index contributed by atoms with van der Waals surface area (Å²) >= 11 is 11.4. The lowest BCUT2D eigenvalue weighted by atomic mass is 10.1. The largest absolute Gasteiger partial charge is 0.494 e. The number of halogens is 2. The summed E-state index contributed by atoms with van der Waals surface area (Å²) in [5.41, 5.74) is 0.783. The second-order valence-electron chi connectivity index (χ2n) is 3.04.